The van der Waals surface area contributed by atoms with Crippen molar-refractivity contribution >= 4 is 28.8 Å². The Labute approximate surface area is 216 Å². The molecular weight excluding hydrogens is 470 g/mol. The highest BCUT2D eigenvalue weighted by Gasteiger charge is 2.34. The van der Waals surface area contributed by atoms with Crippen LogP contribution in [0.1, 0.15) is 67.9 Å². The average molecular weight is 506 g/mol. The number of carbonyl (C=O) groups excluding carboxylic acids is 1. The Hall–Kier alpha value is -3.39. The zero-order valence-electron chi connectivity index (χ0n) is 21.5. The zero-order chi connectivity index (χ0) is 26.1. The van der Waals surface area contributed by atoms with Gasteiger partial charge in [-0.25, -0.2) is 9.78 Å². The van der Waals surface area contributed by atoms with Crippen LogP contribution in [0.3, 0.4) is 0 Å². The summed E-state index contributed by atoms with van der Waals surface area (Å²) in [6.45, 7) is 2.17. The van der Waals surface area contributed by atoms with Crippen molar-refractivity contribution in [3.05, 3.63) is 59.4 Å². The first-order chi connectivity index (χ1) is 17.9. The molecule has 1 amide bonds. The average Bonchev–Trinajstić information content (AvgIpc) is 3.30. The van der Waals surface area contributed by atoms with Crippen molar-refractivity contribution in [2.24, 2.45) is 5.92 Å². The summed E-state index contributed by atoms with van der Waals surface area (Å²) in [5.41, 5.74) is 4.36. The largest absolute Gasteiger partial charge is 0.481 e. The number of carboxylic acids is 1. The summed E-state index contributed by atoms with van der Waals surface area (Å²) in [7, 11) is 1.39. The molecule has 0 saturated heterocycles. The lowest BCUT2D eigenvalue weighted by Crippen LogP contribution is -2.42. The Morgan fingerprint density at radius 3 is 2.62 bits per heavy atom. The summed E-state index contributed by atoms with van der Waals surface area (Å²) in [5, 5.41) is 20.1. The van der Waals surface area contributed by atoms with Crippen LogP contribution in [0.25, 0.3) is 11.0 Å². The number of amides is 1. The number of ether oxygens (including phenoxy) is 1. The Balaban J connectivity index is 1.66. The van der Waals surface area contributed by atoms with E-state index < -0.39 is 11.9 Å². The van der Waals surface area contributed by atoms with E-state index in [1.54, 1.807) is 4.90 Å². The van der Waals surface area contributed by atoms with Gasteiger partial charge in [-0.3, -0.25) is 9.69 Å². The van der Waals surface area contributed by atoms with E-state index in [4.69, 9.17) is 9.72 Å². The molecule has 8 nitrogen and oxygen atoms in total. The van der Waals surface area contributed by atoms with Crippen LogP contribution >= 0.6 is 0 Å². The lowest BCUT2D eigenvalue weighted by molar-refractivity contribution is -0.138. The number of carbonyl (C=O) groups is 2. The summed E-state index contributed by atoms with van der Waals surface area (Å²) in [4.78, 5) is 31.8. The second-order valence-corrected chi connectivity index (χ2v) is 10.4. The molecule has 4 unspecified atom stereocenters. The first-order valence-corrected chi connectivity index (χ1v) is 13.2. The van der Waals surface area contributed by atoms with Gasteiger partial charge in [0.05, 0.1) is 29.7 Å². The van der Waals surface area contributed by atoms with Crippen molar-refractivity contribution in [1.29, 1.82) is 0 Å². The maximum atomic E-state index is 12.6. The van der Waals surface area contributed by atoms with Crippen LogP contribution < -0.4 is 4.90 Å². The second-order valence-electron chi connectivity index (χ2n) is 10.4. The summed E-state index contributed by atoms with van der Waals surface area (Å²) in [6, 6.07) is 13.4. The number of aromatic nitrogens is 2. The van der Waals surface area contributed by atoms with E-state index in [0.29, 0.717) is 0 Å². The summed E-state index contributed by atoms with van der Waals surface area (Å²) in [6.07, 6.45) is 5.25. The molecule has 0 bridgehead atoms. The number of fused-ring (bicyclic) bond motifs is 3. The fourth-order valence-electron chi connectivity index (χ4n) is 6.25. The van der Waals surface area contributed by atoms with Crippen LogP contribution in [0.2, 0.25) is 0 Å². The highest BCUT2D eigenvalue weighted by atomic mass is 16.5. The first-order valence-electron chi connectivity index (χ1n) is 13.2. The molecule has 1 aromatic heterocycles. The normalized spacial score (nSPS) is 22.5. The number of hydrogen-bond donors (Lipinski definition) is 2. The Morgan fingerprint density at radius 1 is 1.14 bits per heavy atom. The van der Waals surface area contributed by atoms with E-state index in [9.17, 15) is 19.8 Å². The van der Waals surface area contributed by atoms with Crippen molar-refractivity contribution in [2.45, 2.75) is 69.9 Å². The highest BCUT2D eigenvalue weighted by molar-refractivity contribution is 5.95. The van der Waals surface area contributed by atoms with Gasteiger partial charge in [0.2, 0.25) is 0 Å². The summed E-state index contributed by atoms with van der Waals surface area (Å²) >= 11 is 0. The van der Waals surface area contributed by atoms with Gasteiger partial charge in [-0.05, 0) is 62.6 Å². The first kappa shape index (κ1) is 25.3. The molecule has 2 heterocycles. The van der Waals surface area contributed by atoms with Gasteiger partial charge in [-0.2, -0.15) is 0 Å². The van der Waals surface area contributed by atoms with Gasteiger partial charge < -0.3 is 19.5 Å². The second kappa shape index (κ2) is 10.5. The fraction of sp³-hybridized carbons (Fsp3) is 0.483. The van der Waals surface area contributed by atoms with Gasteiger partial charge in [0.15, 0.2) is 0 Å². The van der Waals surface area contributed by atoms with E-state index in [1.807, 2.05) is 49.4 Å². The van der Waals surface area contributed by atoms with Gasteiger partial charge in [-0.15, -0.1) is 0 Å². The van der Waals surface area contributed by atoms with Crippen molar-refractivity contribution in [3.8, 4) is 0 Å². The third-order valence-corrected chi connectivity index (χ3v) is 8.16. The molecule has 4 atom stereocenters. The molecule has 1 aliphatic carbocycles. The number of carboxylic acid groups (broad SMARTS) is 1. The summed E-state index contributed by atoms with van der Waals surface area (Å²) in [5.74, 6) is -0.640. The predicted molar refractivity (Wildman–Crippen MR) is 141 cm³/mol. The van der Waals surface area contributed by atoms with Crippen molar-refractivity contribution in [3.63, 3.8) is 0 Å². The molecular formula is C29H35N3O5. The van der Waals surface area contributed by atoms with Crippen LogP contribution in [0.4, 0.5) is 10.5 Å². The number of aliphatic hydroxyl groups is 1. The molecule has 3 aromatic rings. The number of nitrogens with zero attached hydrogens (tertiary/aromatic N) is 3. The molecule has 1 fully saturated rings. The zero-order valence-corrected chi connectivity index (χ0v) is 21.5. The maximum Gasteiger partial charge on any atom is 0.414 e. The number of benzene rings is 2. The third-order valence-electron chi connectivity index (χ3n) is 8.16. The van der Waals surface area contributed by atoms with E-state index in [2.05, 4.69) is 4.57 Å². The standard InChI is InChI=1S/C29H35N3O5/c1-18-11-12-22-24(31(18)29(36)37-2)13-14-25-27(22)30-26(32(25)21-10-6-7-19(15-21)17-33)16-23(28(34)35)20-8-4-3-5-9-20/h3-5,8-9,13-14,18-19,21,23,33H,6-7,10-12,15-17H2,1-2H3,(H,34,35). The number of aliphatic hydroxyl groups excluding tert-OH is 1. The fourth-order valence-corrected chi connectivity index (χ4v) is 6.25. The van der Waals surface area contributed by atoms with Gasteiger partial charge in [0.1, 0.15) is 5.82 Å². The van der Waals surface area contributed by atoms with E-state index in [0.717, 1.165) is 72.2 Å². The van der Waals surface area contributed by atoms with E-state index >= 15 is 0 Å². The van der Waals surface area contributed by atoms with Crippen LogP contribution in [-0.4, -0.2) is 51.6 Å². The Kier molecular flexibility index (Phi) is 7.20. The molecule has 196 valence electrons. The SMILES string of the molecule is COC(=O)N1c2ccc3c(nc(CC(C(=O)O)c4ccccc4)n3C3CCCC(CO)C3)c2CCC1C. The Morgan fingerprint density at radius 2 is 1.92 bits per heavy atom. The Bertz CT molecular complexity index is 1290. The van der Waals surface area contributed by atoms with Crippen molar-refractivity contribution < 1.29 is 24.5 Å². The quantitative estimate of drug-likeness (QED) is 0.484. The van der Waals surface area contributed by atoms with Crippen LogP contribution in [0.15, 0.2) is 42.5 Å². The smallest absolute Gasteiger partial charge is 0.414 e. The molecule has 8 heteroatoms. The van der Waals surface area contributed by atoms with Crippen LogP contribution in [-0.2, 0) is 22.4 Å². The molecule has 0 spiro atoms. The topological polar surface area (TPSA) is 105 Å². The number of methoxy groups -OCH3 is 1. The van der Waals surface area contributed by atoms with Gasteiger partial charge >= 0.3 is 12.1 Å². The number of aliphatic carboxylic acids is 1. The van der Waals surface area contributed by atoms with Crippen LogP contribution in [0, 0.1) is 5.92 Å². The van der Waals surface area contributed by atoms with Crippen LogP contribution in [0.5, 0.6) is 0 Å². The lowest BCUT2D eigenvalue weighted by Gasteiger charge is -2.34. The van der Waals surface area contributed by atoms with Gasteiger partial charge in [0, 0.05) is 30.7 Å². The highest BCUT2D eigenvalue weighted by Crippen LogP contribution is 2.41. The minimum Gasteiger partial charge on any atom is -0.481 e. The molecule has 1 saturated carbocycles. The number of hydrogen-bond acceptors (Lipinski definition) is 5. The number of rotatable bonds is 6. The molecule has 5 rings (SSSR count). The van der Waals surface area contributed by atoms with E-state index in [1.165, 1.54) is 7.11 Å². The number of aryl methyl sites for hydroxylation is 1. The molecule has 2 aromatic carbocycles. The molecule has 2 N–H and O–H groups in total. The number of imidazole rings is 1. The minimum absolute atomic E-state index is 0.0112. The third kappa shape index (κ3) is 4.70. The maximum absolute atomic E-state index is 12.6. The molecule has 2 aliphatic rings. The van der Waals surface area contributed by atoms with Gasteiger partial charge in [0.25, 0.3) is 0 Å². The predicted octanol–water partition coefficient (Wildman–Crippen LogP) is 5.08. The monoisotopic (exact) mass is 505 g/mol. The lowest BCUT2D eigenvalue weighted by atomic mass is 9.85. The molecule has 0 radical (unpaired) electrons. The summed E-state index contributed by atoms with van der Waals surface area (Å²) < 4.78 is 7.31. The minimum atomic E-state index is -0.880. The van der Waals surface area contributed by atoms with Crippen molar-refractivity contribution in [2.75, 3.05) is 18.6 Å². The van der Waals surface area contributed by atoms with Gasteiger partial charge in [-0.1, -0.05) is 36.8 Å². The van der Waals surface area contributed by atoms with Crippen molar-refractivity contribution in [1.82, 2.24) is 9.55 Å². The molecule has 1 aliphatic heterocycles. The number of anilines is 1. The molecule has 37 heavy (non-hydrogen) atoms. The van der Waals surface area contributed by atoms with E-state index in [-0.39, 0.29) is 37.1 Å².